The minimum absolute atomic E-state index is 0.0181. The Bertz CT molecular complexity index is 1040. The summed E-state index contributed by atoms with van der Waals surface area (Å²) < 4.78 is 37.2. The van der Waals surface area contributed by atoms with E-state index < -0.39 is 16.5 Å². The van der Waals surface area contributed by atoms with Crippen LogP contribution in [0.25, 0.3) is 0 Å². The molecule has 0 saturated heterocycles. The van der Waals surface area contributed by atoms with E-state index in [-0.39, 0.29) is 17.4 Å². The maximum atomic E-state index is 11.9. The summed E-state index contributed by atoms with van der Waals surface area (Å²) >= 11 is 0. The second-order valence-electron chi connectivity index (χ2n) is 17.4. The molecule has 4 fully saturated rings. The van der Waals surface area contributed by atoms with Crippen LogP contribution in [0.3, 0.4) is 0 Å². The number of fused-ring (bicyclic) bond motifs is 5. The monoisotopic (exact) mass is 684 g/mol. The summed E-state index contributed by atoms with van der Waals surface area (Å²) in [7, 11) is -4.45. The summed E-state index contributed by atoms with van der Waals surface area (Å²) in [5, 5.41) is 19.0. The number of rotatable bonds is 20. The Hall–Kier alpha value is -0.290. The SMILES string of the molecule is CC(C)[C@@H](CC[C@@H](C)[C@H]1CC[C@H]2C3[C@H](O)C[C@H]4C[C@@H](CCCCNCCCCNCCCN)CC[C@]4(C)[C@H]3CC[C@]12C)OS(=O)(=O)O. The molecule has 0 amide bonds. The van der Waals surface area contributed by atoms with E-state index in [2.05, 4.69) is 31.4 Å². The van der Waals surface area contributed by atoms with Gasteiger partial charge in [-0.1, -0.05) is 47.5 Å². The molecule has 0 aliphatic heterocycles. The van der Waals surface area contributed by atoms with Gasteiger partial charge >= 0.3 is 10.4 Å². The molecular weight excluding hydrogens is 611 g/mol. The van der Waals surface area contributed by atoms with E-state index in [1.54, 1.807) is 0 Å². The van der Waals surface area contributed by atoms with Crippen molar-refractivity contribution in [3.05, 3.63) is 0 Å². The van der Waals surface area contributed by atoms with Crippen molar-refractivity contribution in [1.29, 1.82) is 0 Å². The van der Waals surface area contributed by atoms with Crippen molar-refractivity contribution in [2.24, 2.45) is 63.9 Å². The molecule has 0 spiro atoms. The number of hydrogen-bond donors (Lipinski definition) is 5. The van der Waals surface area contributed by atoms with Crippen LogP contribution in [-0.4, -0.2) is 63.0 Å². The van der Waals surface area contributed by atoms with Crippen LogP contribution in [0.15, 0.2) is 0 Å². The van der Waals surface area contributed by atoms with Crippen molar-refractivity contribution in [2.75, 3.05) is 32.7 Å². The summed E-state index contributed by atoms with van der Waals surface area (Å²) in [6, 6.07) is 0. The molecule has 47 heavy (non-hydrogen) atoms. The molecule has 4 aliphatic rings. The van der Waals surface area contributed by atoms with E-state index in [9.17, 15) is 18.1 Å². The Morgan fingerprint density at radius 1 is 0.830 bits per heavy atom. The molecule has 276 valence electrons. The summed E-state index contributed by atoms with van der Waals surface area (Å²) in [5.74, 6) is 4.17. The van der Waals surface area contributed by atoms with Crippen molar-refractivity contribution < 1.29 is 22.3 Å². The Kier molecular flexibility index (Phi) is 14.9. The molecule has 4 aliphatic carbocycles. The molecule has 0 heterocycles. The van der Waals surface area contributed by atoms with Crippen LogP contribution in [0.1, 0.15) is 137 Å². The van der Waals surface area contributed by atoms with Gasteiger partial charge in [0, 0.05) is 0 Å². The van der Waals surface area contributed by atoms with Gasteiger partial charge in [0.15, 0.2) is 0 Å². The summed E-state index contributed by atoms with van der Waals surface area (Å²) in [6.45, 7) is 16.5. The lowest BCUT2D eigenvalue weighted by atomic mass is 9.43. The molecule has 0 aromatic carbocycles. The van der Waals surface area contributed by atoms with Crippen molar-refractivity contribution in [3.8, 4) is 0 Å². The molecule has 1 unspecified atom stereocenters. The maximum absolute atomic E-state index is 11.9. The molecule has 4 rings (SSSR count). The Morgan fingerprint density at radius 3 is 2.09 bits per heavy atom. The van der Waals surface area contributed by atoms with Crippen LogP contribution in [0, 0.1) is 58.2 Å². The van der Waals surface area contributed by atoms with E-state index in [0.29, 0.717) is 47.3 Å². The van der Waals surface area contributed by atoms with Crippen LogP contribution in [0.2, 0.25) is 0 Å². The number of nitrogens with one attached hydrogen (secondary N) is 2. The Labute approximate surface area is 288 Å². The number of aliphatic hydroxyl groups excluding tert-OH is 1. The molecule has 0 aromatic rings. The third-order valence-electron chi connectivity index (χ3n) is 14.2. The van der Waals surface area contributed by atoms with Crippen molar-refractivity contribution in [2.45, 2.75) is 150 Å². The first kappa shape index (κ1) is 39.5. The molecule has 6 N–H and O–H groups in total. The Balaban J connectivity index is 1.23. The zero-order valence-corrected chi connectivity index (χ0v) is 31.5. The van der Waals surface area contributed by atoms with E-state index in [4.69, 9.17) is 9.92 Å². The lowest BCUT2D eigenvalue weighted by molar-refractivity contribution is -0.169. The van der Waals surface area contributed by atoms with E-state index in [1.165, 1.54) is 77.0 Å². The van der Waals surface area contributed by atoms with Crippen molar-refractivity contribution in [1.82, 2.24) is 10.6 Å². The first-order chi connectivity index (χ1) is 22.3. The summed E-state index contributed by atoms with van der Waals surface area (Å²) in [6.07, 6.45) is 18.2. The van der Waals surface area contributed by atoms with Gasteiger partial charge < -0.3 is 21.5 Å². The fourth-order valence-electron chi connectivity index (χ4n) is 11.5. The highest BCUT2D eigenvalue weighted by atomic mass is 32.3. The fraction of sp³-hybridized carbons (Fsp3) is 1.00. The predicted octanol–water partition coefficient (Wildman–Crippen LogP) is 6.97. The van der Waals surface area contributed by atoms with Crippen molar-refractivity contribution in [3.63, 3.8) is 0 Å². The molecule has 11 atom stereocenters. The van der Waals surface area contributed by atoms with Crippen LogP contribution in [-0.2, 0) is 14.6 Å². The largest absolute Gasteiger partial charge is 0.397 e. The third-order valence-corrected chi connectivity index (χ3v) is 14.7. The average Bonchev–Trinajstić information content (AvgIpc) is 3.36. The van der Waals surface area contributed by atoms with Gasteiger partial charge in [0.25, 0.3) is 0 Å². The smallest absolute Gasteiger partial charge is 0.393 e. The van der Waals surface area contributed by atoms with E-state index in [0.717, 1.165) is 57.9 Å². The summed E-state index contributed by atoms with van der Waals surface area (Å²) in [4.78, 5) is 0. The number of unbranched alkanes of at least 4 members (excludes halogenated alkanes) is 2. The van der Waals surface area contributed by atoms with Crippen LogP contribution in [0.5, 0.6) is 0 Å². The second kappa shape index (κ2) is 17.8. The molecule has 0 aromatic heterocycles. The first-order valence-electron chi connectivity index (χ1n) is 19.8. The second-order valence-corrected chi connectivity index (χ2v) is 18.4. The highest BCUT2D eigenvalue weighted by molar-refractivity contribution is 7.80. The van der Waals surface area contributed by atoms with E-state index in [1.807, 2.05) is 13.8 Å². The minimum Gasteiger partial charge on any atom is -0.393 e. The van der Waals surface area contributed by atoms with Gasteiger partial charge in [-0.2, -0.15) is 8.42 Å². The number of hydrogen-bond acceptors (Lipinski definition) is 7. The van der Waals surface area contributed by atoms with Crippen LogP contribution in [0.4, 0.5) is 0 Å². The maximum Gasteiger partial charge on any atom is 0.397 e. The minimum atomic E-state index is -4.45. The molecule has 8 nitrogen and oxygen atoms in total. The van der Waals surface area contributed by atoms with Gasteiger partial charge in [-0.25, -0.2) is 4.18 Å². The van der Waals surface area contributed by atoms with Gasteiger partial charge in [0.1, 0.15) is 0 Å². The first-order valence-corrected chi connectivity index (χ1v) is 21.1. The van der Waals surface area contributed by atoms with Crippen molar-refractivity contribution >= 4 is 10.4 Å². The predicted molar refractivity (Wildman–Crippen MR) is 192 cm³/mol. The highest BCUT2D eigenvalue weighted by Crippen LogP contribution is 2.68. The van der Waals surface area contributed by atoms with Gasteiger partial charge in [-0.05, 0) is 181 Å². The van der Waals surface area contributed by atoms with E-state index >= 15 is 0 Å². The van der Waals surface area contributed by atoms with Gasteiger partial charge in [0.2, 0.25) is 0 Å². The zero-order chi connectivity index (χ0) is 34.2. The van der Waals surface area contributed by atoms with Crippen LogP contribution < -0.4 is 16.4 Å². The number of nitrogens with two attached hydrogens (primary N) is 1. The molecule has 0 bridgehead atoms. The molecule has 9 heteroatoms. The lowest BCUT2D eigenvalue weighted by Gasteiger charge is -2.62. The molecular formula is C38H73N3O5S. The third kappa shape index (κ3) is 10.2. The fourth-order valence-corrected chi connectivity index (χ4v) is 12.1. The van der Waals surface area contributed by atoms with Gasteiger partial charge in [-0.3, -0.25) is 4.55 Å². The van der Waals surface area contributed by atoms with Gasteiger partial charge in [0.05, 0.1) is 12.2 Å². The van der Waals surface area contributed by atoms with Gasteiger partial charge in [-0.15, -0.1) is 0 Å². The topological polar surface area (TPSA) is 134 Å². The van der Waals surface area contributed by atoms with Crippen LogP contribution >= 0.6 is 0 Å². The quantitative estimate of drug-likeness (QED) is 0.0687. The zero-order valence-electron chi connectivity index (χ0n) is 30.7. The lowest BCUT2D eigenvalue weighted by Crippen LogP contribution is -2.58. The Morgan fingerprint density at radius 2 is 1.45 bits per heavy atom. The molecule has 4 saturated carbocycles. The summed E-state index contributed by atoms with van der Waals surface area (Å²) in [5.41, 5.74) is 6.14. The standard InChI is InChI=1S/C38H73N3O5S/c1-27(2)35(46-47(43,44)45)15-12-28(3)31-13-14-32-36-33(17-19-38(31,32)5)37(4)18-16-29(25-30(37)26-34(36)42)11-6-7-21-40-22-8-9-23-41-24-10-20-39/h27-36,40-42H,6-26,39H2,1-5H3,(H,43,44,45)/t28-,29+,30-,31-,32+,33+,34-,35-,36?,37+,38-/m1/s1. The molecule has 0 radical (unpaired) electrons. The normalized spacial score (nSPS) is 36.9. The average molecular weight is 684 g/mol. The highest BCUT2D eigenvalue weighted by Gasteiger charge is 2.62. The number of aliphatic hydroxyl groups is 1.